The summed E-state index contributed by atoms with van der Waals surface area (Å²) in [5.41, 5.74) is 0.965. The molecule has 0 bridgehead atoms. The number of halogens is 3. The van der Waals surface area contributed by atoms with Crippen LogP contribution in [0.4, 0.5) is 13.2 Å². The number of benzene rings is 1. The molecule has 20 heavy (non-hydrogen) atoms. The maximum Gasteiger partial charge on any atom is 0.416 e. The normalized spacial score (nSPS) is 29.1. The molecule has 1 N–H and O–H groups in total. The van der Waals surface area contributed by atoms with Gasteiger partial charge in [-0.05, 0) is 36.1 Å². The van der Waals surface area contributed by atoms with E-state index in [2.05, 4.69) is 5.32 Å². The smallest absolute Gasteiger partial charge is 0.369 e. The van der Waals surface area contributed by atoms with Crippen LogP contribution in [0.5, 0.6) is 0 Å². The number of hydrogen-bond donors (Lipinski definition) is 1. The highest BCUT2D eigenvalue weighted by Crippen LogP contribution is 2.45. The number of rotatable bonds is 1. The summed E-state index contributed by atoms with van der Waals surface area (Å²) >= 11 is 0. The first-order valence-electron chi connectivity index (χ1n) is 6.92. The Hall–Kier alpha value is -1.07. The molecule has 2 heterocycles. The summed E-state index contributed by atoms with van der Waals surface area (Å²) < 4.78 is 45.5. The molecular weight excluding hydrogens is 267 g/mol. The Labute approximate surface area is 116 Å². The average molecular weight is 285 g/mol. The zero-order chi connectivity index (χ0) is 14.5. The Morgan fingerprint density at radius 2 is 2.15 bits per heavy atom. The van der Waals surface area contributed by atoms with Crippen LogP contribution in [0.1, 0.15) is 42.0 Å². The minimum absolute atomic E-state index is 0.00106. The lowest BCUT2D eigenvalue weighted by molar-refractivity contribution is -0.141. The van der Waals surface area contributed by atoms with Crippen LogP contribution >= 0.6 is 0 Å². The molecule has 2 aliphatic heterocycles. The minimum atomic E-state index is -4.32. The minimum Gasteiger partial charge on any atom is -0.369 e. The van der Waals surface area contributed by atoms with Gasteiger partial charge in [0.15, 0.2) is 0 Å². The summed E-state index contributed by atoms with van der Waals surface area (Å²) in [4.78, 5) is 0. The molecule has 0 amide bonds. The van der Waals surface area contributed by atoms with Crippen LogP contribution in [0.15, 0.2) is 12.1 Å². The van der Waals surface area contributed by atoms with Gasteiger partial charge in [0.05, 0.1) is 17.8 Å². The maximum absolute atomic E-state index is 13.3. The summed E-state index contributed by atoms with van der Waals surface area (Å²) in [5, 5.41) is 3.24. The molecule has 2 atom stereocenters. The molecule has 0 spiro atoms. The van der Waals surface area contributed by atoms with E-state index < -0.39 is 11.7 Å². The van der Waals surface area contributed by atoms with Crippen LogP contribution < -0.4 is 5.32 Å². The second-order valence-electron chi connectivity index (χ2n) is 5.85. The van der Waals surface area contributed by atoms with Gasteiger partial charge in [0.25, 0.3) is 0 Å². The van der Waals surface area contributed by atoms with Crippen LogP contribution in [0.2, 0.25) is 0 Å². The van der Waals surface area contributed by atoms with Gasteiger partial charge >= 0.3 is 6.18 Å². The monoisotopic (exact) mass is 285 g/mol. The zero-order valence-electron chi connectivity index (χ0n) is 11.6. The van der Waals surface area contributed by atoms with E-state index in [1.165, 1.54) is 6.07 Å². The van der Waals surface area contributed by atoms with Crippen molar-refractivity contribution in [3.05, 3.63) is 34.4 Å². The second kappa shape index (κ2) is 4.46. The quantitative estimate of drug-likeness (QED) is 0.855. The van der Waals surface area contributed by atoms with Crippen LogP contribution in [-0.2, 0) is 23.9 Å². The Kier molecular flexibility index (Phi) is 3.10. The zero-order valence-corrected chi connectivity index (χ0v) is 11.6. The van der Waals surface area contributed by atoms with Gasteiger partial charge in [0, 0.05) is 19.0 Å². The van der Waals surface area contributed by atoms with Gasteiger partial charge in [-0.2, -0.15) is 13.2 Å². The molecule has 1 fully saturated rings. The van der Waals surface area contributed by atoms with Gasteiger partial charge in [-0.3, -0.25) is 0 Å². The fourth-order valence-corrected chi connectivity index (χ4v) is 3.32. The van der Waals surface area contributed by atoms with Crippen molar-refractivity contribution < 1.29 is 17.9 Å². The Morgan fingerprint density at radius 3 is 2.80 bits per heavy atom. The molecule has 0 saturated carbocycles. The maximum atomic E-state index is 13.3. The largest absolute Gasteiger partial charge is 0.416 e. The molecule has 1 aromatic rings. The molecule has 0 radical (unpaired) electrons. The SMILES string of the molecule is CCc1cc2c(c(C(F)(F)F)c1)COC1(C)CNC[C@@H]21. The third-order valence-corrected chi connectivity index (χ3v) is 4.54. The van der Waals surface area contributed by atoms with Crippen molar-refractivity contribution >= 4 is 0 Å². The van der Waals surface area contributed by atoms with Gasteiger partial charge in [0.2, 0.25) is 0 Å². The number of hydrogen-bond acceptors (Lipinski definition) is 2. The summed E-state index contributed by atoms with van der Waals surface area (Å²) in [6, 6.07) is 3.20. The van der Waals surface area contributed by atoms with E-state index in [1.54, 1.807) is 0 Å². The molecule has 5 heteroatoms. The van der Waals surface area contributed by atoms with E-state index in [4.69, 9.17) is 4.74 Å². The summed E-state index contributed by atoms with van der Waals surface area (Å²) in [6.07, 6.45) is -3.72. The molecule has 2 nitrogen and oxygen atoms in total. The lowest BCUT2D eigenvalue weighted by atomic mass is 9.79. The van der Waals surface area contributed by atoms with Gasteiger partial charge < -0.3 is 10.1 Å². The van der Waals surface area contributed by atoms with E-state index in [-0.39, 0.29) is 18.1 Å². The van der Waals surface area contributed by atoms with Gasteiger partial charge in [-0.25, -0.2) is 0 Å². The van der Waals surface area contributed by atoms with E-state index in [0.717, 1.165) is 11.1 Å². The van der Waals surface area contributed by atoms with Crippen molar-refractivity contribution in [3.8, 4) is 0 Å². The van der Waals surface area contributed by atoms with E-state index >= 15 is 0 Å². The third kappa shape index (κ3) is 2.04. The molecular formula is C15H18F3NO. The molecule has 0 aromatic heterocycles. The first-order valence-corrected chi connectivity index (χ1v) is 6.92. The van der Waals surface area contributed by atoms with E-state index in [1.807, 2.05) is 19.9 Å². The van der Waals surface area contributed by atoms with Crippen LogP contribution in [0.25, 0.3) is 0 Å². The number of aryl methyl sites for hydroxylation is 1. The van der Waals surface area contributed by atoms with Gasteiger partial charge in [-0.15, -0.1) is 0 Å². The molecule has 2 aliphatic rings. The summed E-state index contributed by atoms with van der Waals surface area (Å²) in [5.74, 6) is -0.00106. The Balaban J connectivity index is 2.18. The highest BCUT2D eigenvalue weighted by molar-refractivity contribution is 5.45. The highest BCUT2D eigenvalue weighted by atomic mass is 19.4. The Morgan fingerprint density at radius 1 is 1.40 bits per heavy atom. The van der Waals surface area contributed by atoms with Crippen molar-refractivity contribution in [1.29, 1.82) is 0 Å². The predicted octanol–water partition coefficient (Wildman–Crippen LogP) is 3.24. The van der Waals surface area contributed by atoms with Crippen LogP contribution in [0.3, 0.4) is 0 Å². The van der Waals surface area contributed by atoms with Crippen molar-refractivity contribution in [1.82, 2.24) is 5.32 Å². The lowest BCUT2D eigenvalue weighted by Gasteiger charge is -2.38. The molecule has 1 saturated heterocycles. The van der Waals surface area contributed by atoms with Gasteiger partial charge in [-0.1, -0.05) is 13.0 Å². The van der Waals surface area contributed by atoms with Gasteiger partial charge in [0.1, 0.15) is 0 Å². The fourth-order valence-electron chi connectivity index (χ4n) is 3.32. The predicted molar refractivity (Wildman–Crippen MR) is 69.6 cm³/mol. The van der Waals surface area contributed by atoms with Crippen LogP contribution in [0, 0.1) is 0 Å². The fraction of sp³-hybridized carbons (Fsp3) is 0.600. The summed E-state index contributed by atoms with van der Waals surface area (Å²) in [7, 11) is 0. The van der Waals surface area contributed by atoms with Crippen molar-refractivity contribution in [2.24, 2.45) is 0 Å². The lowest BCUT2D eigenvalue weighted by Crippen LogP contribution is -2.40. The number of alkyl halides is 3. The topological polar surface area (TPSA) is 21.3 Å². The third-order valence-electron chi connectivity index (χ3n) is 4.54. The first kappa shape index (κ1) is 13.9. The molecule has 1 unspecified atom stereocenters. The van der Waals surface area contributed by atoms with Crippen LogP contribution in [-0.4, -0.2) is 18.7 Å². The molecule has 3 rings (SSSR count). The molecule has 0 aliphatic carbocycles. The second-order valence-corrected chi connectivity index (χ2v) is 5.85. The average Bonchev–Trinajstić information content (AvgIpc) is 2.78. The highest BCUT2D eigenvalue weighted by Gasteiger charge is 2.47. The van der Waals surface area contributed by atoms with E-state index in [9.17, 15) is 13.2 Å². The number of nitrogens with one attached hydrogen (secondary N) is 1. The van der Waals surface area contributed by atoms with Crippen molar-refractivity contribution in [3.63, 3.8) is 0 Å². The molecule has 110 valence electrons. The first-order chi connectivity index (χ1) is 9.35. The summed E-state index contributed by atoms with van der Waals surface area (Å²) in [6.45, 7) is 5.27. The van der Waals surface area contributed by atoms with E-state index in [0.29, 0.717) is 25.1 Å². The standard InChI is InChI=1S/C15H18F3NO/c1-3-9-4-10-11(12(5-9)15(16,17)18)7-20-14(2)8-19-6-13(10)14/h4-5,13,19H,3,6-8H2,1-2H3/t13-,14?/m0/s1. The number of fused-ring (bicyclic) bond motifs is 3. The van der Waals surface area contributed by atoms with Crippen molar-refractivity contribution in [2.75, 3.05) is 13.1 Å². The molecule has 1 aromatic carbocycles. The Bertz CT molecular complexity index is 541. The van der Waals surface area contributed by atoms with Crippen molar-refractivity contribution in [2.45, 2.75) is 44.6 Å². The number of ether oxygens (including phenoxy) is 1.